The molecule has 0 spiro atoms. The molecule has 4 heteroatoms. The molecular formula is C6H4N2OS. The van der Waals surface area contributed by atoms with Crippen molar-refractivity contribution in [1.82, 2.24) is 10.1 Å². The van der Waals surface area contributed by atoms with E-state index in [1.54, 1.807) is 17.8 Å². The number of thiazole rings is 1. The molecule has 0 N–H and O–H groups in total. The Morgan fingerprint density at radius 2 is 2.50 bits per heavy atom. The van der Waals surface area contributed by atoms with Crippen molar-refractivity contribution in [3.05, 3.63) is 23.2 Å². The fraction of sp³-hybridized carbons (Fsp3) is 0. The van der Waals surface area contributed by atoms with Gasteiger partial charge in [-0.25, -0.2) is 4.98 Å². The van der Waals surface area contributed by atoms with Crippen molar-refractivity contribution in [1.29, 1.82) is 0 Å². The van der Waals surface area contributed by atoms with E-state index < -0.39 is 0 Å². The van der Waals surface area contributed by atoms with Crippen LogP contribution >= 0.6 is 11.3 Å². The normalized spacial score (nSPS) is 10.0. The second kappa shape index (κ2) is 2.22. The third-order valence-corrected chi connectivity index (χ3v) is 1.71. The van der Waals surface area contributed by atoms with Crippen LogP contribution in [0.25, 0.3) is 11.5 Å². The highest BCUT2D eigenvalue weighted by atomic mass is 32.1. The van der Waals surface area contributed by atoms with Crippen molar-refractivity contribution < 1.29 is 4.52 Å². The summed E-state index contributed by atoms with van der Waals surface area (Å²) < 4.78 is 4.87. The van der Waals surface area contributed by atoms with Crippen molar-refractivity contribution in [2.75, 3.05) is 0 Å². The van der Waals surface area contributed by atoms with Crippen LogP contribution in [-0.2, 0) is 0 Å². The topological polar surface area (TPSA) is 38.9 Å². The smallest absolute Gasteiger partial charge is 0.186 e. The van der Waals surface area contributed by atoms with E-state index >= 15 is 0 Å². The van der Waals surface area contributed by atoms with Crippen LogP contribution in [0.1, 0.15) is 0 Å². The summed E-state index contributed by atoms with van der Waals surface area (Å²) in [5.74, 6) is 0.723. The first kappa shape index (κ1) is 5.61. The van der Waals surface area contributed by atoms with Gasteiger partial charge in [0.2, 0.25) is 0 Å². The average molecular weight is 152 g/mol. The van der Waals surface area contributed by atoms with Crippen molar-refractivity contribution in [3.63, 3.8) is 0 Å². The minimum absolute atomic E-state index is 0.723. The Labute approximate surface area is 61.3 Å². The van der Waals surface area contributed by atoms with Gasteiger partial charge >= 0.3 is 0 Å². The lowest BCUT2D eigenvalue weighted by molar-refractivity contribution is 0.431. The van der Waals surface area contributed by atoms with Gasteiger partial charge < -0.3 is 4.52 Å². The Hall–Kier alpha value is -1.16. The Kier molecular flexibility index (Phi) is 1.25. The van der Waals surface area contributed by atoms with Crippen molar-refractivity contribution in [2.24, 2.45) is 0 Å². The molecule has 0 aliphatic heterocycles. The minimum Gasteiger partial charge on any atom is -0.355 e. The molecule has 2 rings (SSSR count). The zero-order valence-corrected chi connectivity index (χ0v) is 5.84. The van der Waals surface area contributed by atoms with Gasteiger partial charge in [0.05, 0.1) is 11.7 Å². The zero-order valence-electron chi connectivity index (χ0n) is 5.02. The second-order valence-electron chi connectivity index (χ2n) is 1.75. The number of nitrogens with zero attached hydrogens (tertiary/aromatic N) is 2. The average Bonchev–Trinajstić information content (AvgIpc) is 2.59. The maximum absolute atomic E-state index is 4.87. The molecule has 0 aliphatic carbocycles. The highest BCUT2D eigenvalue weighted by Crippen LogP contribution is 2.16. The van der Waals surface area contributed by atoms with E-state index in [9.17, 15) is 0 Å². The Morgan fingerprint density at radius 3 is 3.10 bits per heavy atom. The van der Waals surface area contributed by atoms with Crippen LogP contribution < -0.4 is 0 Å². The molecule has 3 nitrogen and oxygen atoms in total. The Balaban J connectivity index is 2.48. The first-order valence-electron chi connectivity index (χ1n) is 2.76. The fourth-order valence-electron chi connectivity index (χ4n) is 0.682. The predicted octanol–water partition coefficient (Wildman–Crippen LogP) is 1.80. The lowest BCUT2D eigenvalue weighted by Gasteiger charge is -1.81. The molecule has 2 heterocycles. The molecule has 0 atom stereocenters. The molecule has 50 valence electrons. The van der Waals surface area contributed by atoms with Crippen LogP contribution in [-0.4, -0.2) is 10.1 Å². The summed E-state index contributed by atoms with van der Waals surface area (Å²) in [5.41, 5.74) is 2.61. The number of hydrogen-bond acceptors (Lipinski definition) is 4. The maximum atomic E-state index is 4.87. The molecule has 2 aromatic heterocycles. The van der Waals surface area contributed by atoms with Crippen LogP contribution in [0.3, 0.4) is 0 Å². The van der Waals surface area contributed by atoms with Gasteiger partial charge in [-0.1, -0.05) is 5.16 Å². The van der Waals surface area contributed by atoms with Crippen molar-refractivity contribution in [3.8, 4) is 11.5 Å². The van der Waals surface area contributed by atoms with Gasteiger partial charge in [-0.3, -0.25) is 0 Å². The quantitative estimate of drug-likeness (QED) is 0.625. The standard InChI is InChI=1S/C6H4N2OS/c1-2-8-9-6(1)5-3-10-4-7-5/h1-4H. The minimum atomic E-state index is 0.723. The monoisotopic (exact) mass is 152 g/mol. The molecule has 0 saturated heterocycles. The van der Waals surface area contributed by atoms with E-state index in [2.05, 4.69) is 10.1 Å². The summed E-state index contributed by atoms with van der Waals surface area (Å²) in [6.07, 6.45) is 1.61. The van der Waals surface area contributed by atoms with E-state index in [1.807, 2.05) is 5.38 Å². The molecule has 0 aromatic carbocycles. The number of rotatable bonds is 1. The summed E-state index contributed by atoms with van der Waals surface area (Å²) in [5, 5.41) is 5.48. The molecule has 0 aliphatic rings. The van der Waals surface area contributed by atoms with Gasteiger partial charge in [-0.15, -0.1) is 11.3 Å². The Bertz CT molecular complexity index is 255. The van der Waals surface area contributed by atoms with E-state index in [-0.39, 0.29) is 0 Å². The van der Waals surface area contributed by atoms with Crippen molar-refractivity contribution >= 4 is 11.3 Å². The van der Waals surface area contributed by atoms with Crippen molar-refractivity contribution in [2.45, 2.75) is 0 Å². The highest BCUT2D eigenvalue weighted by Gasteiger charge is 2.01. The van der Waals surface area contributed by atoms with Crippen LogP contribution in [0, 0.1) is 0 Å². The fourth-order valence-corrected chi connectivity index (χ4v) is 1.22. The van der Waals surface area contributed by atoms with Gasteiger partial charge in [0.25, 0.3) is 0 Å². The Morgan fingerprint density at radius 1 is 1.50 bits per heavy atom. The molecule has 0 unspecified atom stereocenters. The summed E-state index contributed by atoms with van der Waals surface area (Å²) in [6.45, 7) is 0. The predicted molar refractivity (Wildman–Crippen MR) is 37.6 cm³/mol. The molecule has 0 bridgehead atoms. The molecule has 0 fully saturated rings. The first-order chi connectivity index (χ1) is 4.97. The second-order valence-corrected chi connectivity index (χ2v) is 2.47. The van der Waals surface area contributed by atoms with Gasteiger partial charge in [0.15, 0.2) is 5.76 Å². The maximum Gasteiger partial charge on any atom is 0.186 e. The molecular weight excluding hydrogens is 148 g/mol. The molecule has 2 aromatic rings. The van der Waals surface area contributed by atoms with Gasteiger partial charge in [-0.05, 0) is 0 Å². The third kappa shape index (κ3) is 0.823. The SMILES string of the molecule is c1cc(-c2cscn2)on1. The lowest BCUT2D eigenvalue weighted by Crippen LogP contribution is -1.68. The van der Waals surface area contributed by atoms with E-state index in [0.717, 1.165) is 11.5 Å². The zero-order chi connectivity index (χ0) is 6.81. The first-order valence-corrected chi connectivity index (χ1v) is 3.70. The van der Waals surface area contributed by atoms with Gasteiger partial charge in [0.1, 0.15) is 5.69 Å². The van der Waals surface area contributed by atoms with Crippen LogP contribution in [0.5, 0.6) is 0 Å². The van der Waals surface area contributed by atoms with E-state index in [1.165, 1.54) is 11.3 Å². The van der Waals surface area contributed by atoms with Gasteiger partial charge in [-0.2, -0.15) is 0 Å². The summed E-state index contributed by atoms with van der Waals surface area (Å²) >= 11 is 1.54. The summed E-state index contributed by atoms with van der Waals surface area (Å²) in [4.78, 5) is 4.04. The molecule has 10 heavy (non-hydrogen) atoms. The molecule has 0 amide bonds. The van der Waals surface area contributed by atoms with Crippen LogP contribution in [0.2, 0.25) is 0 Å². The lowest BCUT2D eigenvalue weighted by atomic mass is 10.4. The number of hydrogen-bond donors (Lipinski definition) is 0. The third-order valence-electron chi connectivity index (χ3n) is 1.12. The largest absolute Gasteiger partial charge is 0.355 e. The van der Waals surface area contributed by atoms with E-state index in [0.29, 0.717) is 0 Å². The van der Waals surface area contributed by atoms with Crippen LogP contribution in [0.15, 0.2) is 27.7 Å². The summed E-state index contributed by atoms with van der Waals surface area (Å²) in [7, 11) is 0. The molecule has 0 saturated carbocycles. The highest BCUT2D eigenvalue weighted by molar-refractivity contribution is 7.07. The van der Waals surface area contributed by atoms with Gasteiger partial charge in [0, 0.05) is 11.4 Å². The summed E-state index contributed by atoms with van der Waals surface area (Å²) in [6, 6.07) is 1.79. The van der Waals surface area contributed by atoms with E-state index in [4.69, 9.17) is 4.52 Å². The van der Waals surface area contributed by atoms with Crippen LogP contribution in [0.4, 0.5) is 0 Å². The molecule has 0 radical (unpaired) electrons. The number of aromatic nitrogens is 2.